The van der Waals surface area contributed by atoms with Gasteiger partial charge in [-0.2, -0.15) is 0 Å². The van der Waals surface area contributed by atoms with E-state index in [4.69, 9.17) is 5.73 Å². The first-order valence-corrected chi connectivity index (χ1v) is 5.56. The molecule has 1 aliphatic carbocycles. The van der Waals surface area contributed by atoms with Crippen molar-refractivity contribution >= 4 is 11.5 Å². The summed E-state index contributed by atoms with van der Waals surface area (Å²) in [6.45, 7) is 1.94. The fourth-order valence-corrected chi connectivity index (χ4v) is 1.74. The van der Waals surface area contributed by atoms with Crippen LogP contribution < -0.4 is 5.73 Å². The molecule has 2 nitrogen and oxygen atoms in total. The summed E-state index contributed by atoms with van der Waals surface area (Å²) in [7, 11) is 0. The van der Waals surface area contributed by atoms with Crippen LogP contribution in [0.4, 0.5) is 5.69 Å². The number of rotatable bonds is 4. The SMILES string of the molecule is Cc1cc(C(=O)CCC2CC2)ccc1N. The first kappa shape index (κ1) is 10.2. The fraction of sp³-hybridized carbons (Fsp3) is 0.462. The van der Waals surface area contributed by atoms with Crippen molar-refractivity contribution in [2.75, 3.05) is 5.73 Å². The number of hydrogen-bond acceptors (Lipinski definition) is 2. The fourth-order valence-electron chi connectivity index (χ4n) is 1.74. The zero-order valence-corrected chi connectivity index (χ0v) is 9.12. The molecule has 0 aromatic heterocycles. The Hall–Kier alpha value is -1.31. The second kappa shape index (κ2) is 4.05. The highest BCUT2D eigenvalue weighted by molar-refractivity contribution is 5.96. The molecule has 1 saturated carbocycles. The van der Waals surface area contributed by atoms with E-state index in [1.54, 1.807) is 0 Å². The maximum Gasteiger partial charge on any atom is 0.162 e. The molecule has 1 aliphatic rings. The molecule has 1 fully saturated rings. The molecule has 2 N–H and O–H groups in total. The molecule has 2 rings (SSSR count). The summed E-state index contributed by atoms with van der Waals surface area (Å²) in [4.78, 5) is 11.8. The molecular weight excluding hydrogens is 186 g/mol. The van der Waals surface area contributed by atoms with E-state index in [1.807, 2.05) is 25.1 Å². The van der Waals surface area contributed by atoms with E-state index < -0.39 is 0 Å². The molecule has 0 aliphatic heterocycles. The first-order valence-electron chi connectivity index (χ1n) is 5.56. The Morgan fingerprint density at radius 2 is 2.20 bits per heavy atom. The van der Waals surface area contributed by atoms with Crippen LogP contribution in [0.15, 0.2) is 18.2 Å². The molecule has 15 heavy (non-hydrogen) atoms. The largest absolute Gasteiger partial charge is 0.399 e. The number of Topliss-reactive ketones (excluding diaryl/α,β-unsaturated/α-hetero) is 1. The summed E-state index contributed by atoms with van der Waals surface area (Å²) in [6.07, 6.45) is 4.37. The lowest BCUT2D eigenvalue weighted by Crippen LogP contribution is -2.01. The van der Waals surface area contributed by atoms with Crippen LogP contribution in [0.3, 0.4) is 0 Å². The van der Waals surface area contributed by atoms with Gasteiger partial charge in [0.15, 0.2) is 5.78 Å². The van der Waals surface area contributed by atoms with Gasteiger partial charge >= 0.3 is 0 Å². The predicted octanol–water partition coefficient (Wildman–Crippen LogP) is 2.95. The van der Waals surface area contributed by atoms with Crippen molar-refractivity contribution in [1.29, 1.82) is 0 Å². The number of hydrogen-bond donors (Lipinski definition) is 1. The molecule has 0 radical (unpaired) electrons. The predicted molar refractivity (Wildman–Crippen MR) is 61.9 cm³/mol. The van der Waals surface area contributed by atoms with Crippen molar-refractivity contribution in [1.82, 2.24) is 0 Å². The number of nitrogens with two attached hydrogens (primary N) is 1. The third kappa shape index (κ3) is 2.58. The zero-order valence-electron chi connectivity index (χ0n) is 9.12. The average Bonchev–Trinajstić information content (AvgIpc) is 3.02. The number of ketones is 1. The molecule has 0 saturated heterocycles. The van der Waals surface area contributed by atoms with Gasteiger partial charge < -0.3 is 5.73 Å². The Kier molecular flexibility index (Phi) is 2.76. The Morgan fingerprint density at radius 3 is 2.80 bits per heavy atom. The van der Waals surface area contributed by atoms with Crippen LogP contribution in [0.25, 0.3) is 0 Å². The average molecular weight is 203 g/mol. The number of anilines is 1. The minimum absolute atomic E-state index is 0.255. The highest BCUT2D eigenvalue weighted by atomic mass is 16.1. The lowest BCUT2D eigenvalue weighted by atomic mass is 10.0. The molecule has 0 spiro atoms. The smallest absolute Gasteiger partial charge is 0.162 e. The standard InChI is InChI=1S/C13H17NO/c1-9-8-11(5-6-12(9)14)13(15)7-4-10-2-3-10/h5-6,8,10H,2-4,7,14H2,1H3. The van der Waals surface area contributed by atoms with Crippen LogP contribution in [0.2, 0.25) is 0 Å². The molecule has 0 bridgehead atoms. The van der Waals surface area contributed by atoms with Gasteiger partial charge in [-0.25, -0.2) is 0 Å². The van der Waals surface area contributed by atoms with Crippen LogP contribution in [0.1, 0.15) is 41.6 Å². The summed E-state index contributed by atoms with van der Waals surface area (Å²) < 4.78 is 0. The van der Waals surface area contributed by atoms with Crippen molar-refractivity contribution in [3.63, 3.8) is 0 Å². The molecule has 0 heterocycles. The highest BCUT2D eigenvalue weighted by Crippen LogP contribution is 2.33. The second-order valence-electron chi connectivity index (χ2n) is 4.48. The lowest BCUT2D eigenvalue weighted by Gasteiger charge is -2.04. The summed E-state index contributed by atoms with van der Waals surface area (Å²) in [5.74, 6) is 1.08. The van der Waals surface area contributed by atoms with Crippen LogP contribution in [-0.4, -0.2) is 5.78 Å². The Labute approximate surface area is 90.5 Å². The third-order valence-corrected chi connectivity index (χ3v) is 3.07. The monoisotopic (exact) mass is 203 g/mol. The van der Waals surface area contributed by atoms with Gasteiger partial charge in [0.1, 0.15) is 0 Å². The second-order valence-corrected chi connectivity index (χ2v) is 4.48. The number of aryl methyl sites for hydroxylation is 1. The van der Waals surface area contributed by atoms with Crippen LogP contribution in [0.5, 0.6) is 0 Å². The molecule has 80 valence electrons. The van der Waals surface area contributed by atoms with Gasteiger partial charge in [-0.3, -0.25) is 4.79 Å². The summed E-state index contributed by atoms with van der Waals surface area (Å²) >= 11 is 0. The van der Waals surface area contributed by atoms with Gasteiger partial charge in [-0.1, -0.05) is 12.8 Å². The third-order valence-electron chi connectivity index (χ3n) is 3.07. The number of nitrogen functional groups attached to an aromatic ring is 1. The van der Waals surface area contributed by atoms with Gasteiger partial charge in [0.2, 0.25) is 0 Å². The summed E-state index contributed by atoms with van der Waals surface area (Å²) in [6, 6.07) is 5.54. The molecule has 1 aromatic rings. The van der Waals surface area contributed by atoms with Crippen molar-refractivity contribution in [2.45, 2.75) is 32.6 Å². The minimum Gasteiger partial charge on any atom is -0.399 e. The normalized spacial score (nSPS) is 15.3. The van der Waals surface area contributed by atoms with Crippen molar-refractivity contribution in [3.05, 3.63) is 29.3 Å². The van der Waals surface area contributed by atoms with Crippen molar-refractivity contribution in [2.24, 2.45) is 5.92 Å². The van der Waals surface area contributed by atoms with Gasteiger partial charge in [0.05, 0.1) is 0 Å². The Bertz CT molecular complexity index is 380. The van der Waals surface area contributed by atoms with Crippen molar-refractivity contribution in [3.8, 4) is 0 Å². The molecule has 0 unspecified atom stereocenters. The number of carbonyl (C=O) groups excluding carboxylic acids is 1. The van der Waals surface area contributed by atoms with E-state index >= 15 is 0 Å². The van der Waals surface area contributed by atoms with Gasteiger partial charge in [0, 0.05) is 17.7 Å². The van der Waals surface area contributed by atoms with Crippen LogP contribution in [-0.2, 0) is 0 Å². The van der Waals surface area contributed by atoms with E-state index in [0.717, 1.165) is 29.2 Å². The maximum atomic E-state index is 11.8. The molecule has 0 amide bonds. The van der Waals surface area contributed by atoms with Crippen LogP contribution >= 0.6 is 0 Å². The summed E-state index contributed by atoms with van der Waals surface area (Å²) in [5, 5.41) is 0. The molecular formula is C13H17NO. The highest BCUT2D eigenvalue weighted by Gasteiger charge is 2.22. The zero-order chi connectivity index (χ0) is 10.8. The minimum atomic E-state index is 0.255. The number of carbonyl (C=O) groups is 1. The van der Waals surface area contributed by atoms with E-state index in [2.05, 4.69) is 0 Å². The quantitative estimate of drug-likeness (QED) is 0.604. The van der Waals surface area contributed by atoms with E-state index in [-0.39, 0.29) is 5.78 Å². The van der Waals surface area contributed by atoms with Crippen molar-refractivity contribution < 1.29 is 4.79 Å². The number of benzene rings is 1. The Balaban J connectivity index is 2.00. The topological polar surface area (TPSA) is 43.1 Å². The molecule has 0 atom stereocenters. The first-order chi connectivity index (χ1) is 7.16. The van der Waals surface area contributed by atoms with Crippen LogP contribution in [0, 0.1) is 12.8 Å². The van der Waals surface area contributed by atoms with E-state index in [9.17, 15) is 4.79 Å². The van der Waals surface area contributed by atoms with E-state index in [1.165, 1.54) is 12.8 Å². The molecule has 1 aromatic carbocycles. The maximum absolute atomic E-state index is 11.8. The molecule has 2 heteroatoms. The van der Waals surface area contributed by atoms with Gasteiger partial charge in [0.25, 0.3) is 0 Å². The summed E-state index contributed by atoms with van der Waals surface area (Å²) in [5.41, 5.74) is 8.27. The lowest BCUT2D eigenvalue weighted by molar-refractivity contribution is 0.0978. The Morgan fingerprint density at radius 1 is 1.47 bits per heavy atom. The van der Waals surface area contributed by atoms with Gasteiger partial charge in [-0.05, 0) is 43.0 Å². The van der Waals surface area contributed by atoms with E-state index in [0.29, 0.717) is 6.42 Å². The van der Waals surface area contributed by atoms with Gasteiger partial charge in [-0.15, -0.1) is 0 Å².